The molecule has 7 rings (SSSR count). The number of aromatic nitrogens is 1. The first-order valence-corrected chi connectivity index (χ1v) is 11.5. The normalized spacial score (nSPS) is 17.7. The van der Waals surface area contributed by atoms with Gasteiger partial charge in [-0.25, -0.2) is 4.98 Å². The van der Waals surface area contributed by atoms with E-state index >= 15 is 0 Å². The molecule has 3 heteroatoms. The number of pyridine rings is 1. The average molecular weight is 426 g/mol. The molecule has 3 aromatic carbocycles. The van der Waals surface area contributed by atoms with Gasteiger partial charge >= 0.3 is 0 Å². The van der Waals surface area contributed by atoms with Crippen molar-refractivity contribution in [1.82, 2.24) is 10.3 Å². The topological polar surface area (TPSA) is 28.2 Å². The van der Waals surface area contributed by atoms with Gasteiger partial charge in [-0.05, 0) is 33.9 Å². The molecule has 3 aliphatic heterocycles. The van der Waals surface area contributed by atoms with Gasteiger partial charge in [0, 0.05) is 18.4 Å². The lowest BCUT2D eigenvalue weighted by molar-refractivity contribution is 0.663. The molecule has 158 valence electrons. The van der Waals surface area contributed by atoms with Gasteiger partial charge in [-0.15, -0.1) is 0 Å². The number of nitrogens with zero attached hydrogens (tertiary/aromatic N) is 2. The van der Waals surface area contributed by atoms with Crippen molar-refractivity contribution in [3.63, 3.8) is 0 Å². The van der Waals surface area contributed by atoms with Crippen LogP contribution < -0.4 is 10.2 Å². The van der Waals surface area contributed by atoms with Gasteiger partial charge in [-0.3, -0.25) is 4.90 Å². The lowest BCUT2D eigenvalue weighted by atomic mass is 9.87. The number of rotatable bonds is 2. The lowest BCUT2D eigenvalue weighted by Gasteiger charge is -2.42. The van der Waals surface area contributed by atoms with Crippen LogP contribution in [0.15, 0.2) is 115 Å². The smallest absolute Gasteiger partial charge is 0.142 e. The number of allylic oxidation sites excluding steroid dienone is 2. The fourth-order valence-corrected chi connectivity index (χ4v) is 5.31. The summed E-state index contributed by atoms with van der Waals surface area (Å²) in [5.41, 5.74) is 10.0. The van der Waals surface area contributed by atoms with Crippen LogP contribution in [0.4, 0.5) is 11.5 Å². The molecule has 0 amide bonds. The predicted octanol–water partition coefficient (Wildman–Crippen LogP) is 6.46. The van der Waals surface area contributed by atoms with E-state index in [1.807, 2.05) is 6.07 Å². The van der Waals surface area contributed by atoms with Crippen LogP contribution in [0.25, 0.3) is 11.3 Å². The van der Waals surface area contributed by atoms with Crippen molar-refractivity contribution in [2.45, 2.75) is 18.9 Å². The number of benzene rings is 3. The summed E-state index contributed by atoms with van der Waals surface area (Å²) < 4.78 is 0. The van der Waals surface area contributed by atoms with Gasteiger partial charge in [0.2, 0.25) is 0 Å². The highest BCUT2D eigenvalue weighted by Gasteiger charge is 2.35. The Morgan fingerprint density at radius 1 is 0.727 bits per heavy atom. The average Bonchev–Trinajstić information content (AvgIpc) is 2.89. The van der Waals surface area contributed by atoms with Crippen molar-refractivity contribution in [2.75, 3.05) is 4.90 Å². The van der Waals surface area contributed by atoms with E-state index in [2.05, 4.69) is 107 Å². The molecule has 0 bridgehead atoms. The van der Waals surface area contributed by atoms with E-state index in [0.717, 1.165) is 35.7 Å². The number of fused-ring (bicyclic) bond motifs is 3. The van der Waals surface area contributed by atoms with Crippen molar-refractivity contribution in [1.29, 1.82) is 0 Å². The van der Waals surface area contributed by atoms with Gasteiger partial charge in [0.05, 0.1) is 17.4 Å². The minimum Gasteiger partial charge on any atom is -0.361 e. The van der Waals surface area contributed by atoms with E-state index in [0.29, 0.717) is 0 Å². The van der Waals surface area contributed by atoms with Gasteiger partial charge in [-0.2, -0.15) is 0 Å². The summed E-state index contributed by atoms with van der Waals surface area (Å²) in [4.78, 5) is 7.61. The van der Waals surface area contributed by atoms with Crippen LogP contribution in [-0.4, -0.2) is 4.98 Å². The van der Waals surface area contributed by atoms with Gasteiger partial charge in [-0.1, -0.05) is 97.1 Å². The molecular weight excluding hydrogens is 402 g/mol. The molecule has 0 spiro atoms. The summed E-state index contributed by atoms with van der Waals surface area (Å²) in [5, 5.41) is 3.85. The number of nitrogens with one attached hydrogen (secondary N) is 1. The van der Waals surface area contributed by atoms with E-state index < -0.39 is 0 Å². The standard InChI is InChI=1S/C30H23N3/c1-3-8-20(9-4-1)26-16-14-24-18-22-12-7-13-23-19-25-15-17-27(21-10-5-2-6-11-21)32-30(25)33(28(22)23)29(24)31-26/h1-17,26,31H,18-19H2. The van der Waals surface area contributed by atoms with Crippen LogP contribution in [0.3, 0.4) is 0 Å². The molecule has 4 aromatic rings. The quantitative estimate of drug-likeness (QED) is 0.399. The van der Waals surface area contributed by atoms with Crippen LogP contribution in [0.1, 0.15) is 28.3 Å². The largest absolute Gasteiger partial charge is 0.361 e. The van der Waals surface area contributed by atoms with Gasteiger partial charge < -0.3 is 5.32 Å². The van der Waals surface area contributed by atoms with E-state index in [1.54, 1.807) is 0 Å². The summed E-state index contributed by atoms with van der Waals surface area (Å²) in [6.07, 6.45) is 6.43. The van der Waals surface area contributed by atoms with Crippen molar-refractivity contribution in [2.24, 2.45) is 0 Å². The second kappa shape index (κ2) is 7.21. The summed E-state index contributed by atoms with van der Waals surface area (Å²) in [6, 6.07) is 32.4. The Balaban J connectivity index is 1.39. The van der Waals surface area contributed by atoms with Crippen molar-refractivity contribution >= 4 is 11.5 Å². The Bertz CT molecular complexity index is 1430. The molecule has 4 heterocycles. The number of anilines is 2. The zero-order valence-corrected chi connectivity index (χ0v) is 18.2. The monoisotopic (exact) mass is 425 g/mol. The third-order valence-electron chi connectivity index (χ3n) is 6.89. The van der Waals surface area contributed by atoms with Crippen LogP contribution in [-0.2, 0) is 12.8 Å². The van der Waals surface area contributed by atoms with Crippen LogP contribution in [0, 0.1) is 0 Å². The molecular formula is C30H23N3. The Morgan fingerprint density at radius 2 is 1.48 bits per heavy atom. The highest BCUT2D eigenvalue weighted by Crippen LogP contribution is 2.47. The third kappa shape index (κ3) is 2.93. The maximum atomic E-state index is 5.23. The molecule has 1 unspecified atom stereocenters. The van der Waals surface area contributed by atoms with Crippen LogP contribution in [0.5, 0.6) is 0 Å². The van der Waals surface area contributed by atoms with E-state index in [9.17, 15) is 0 Å². The Labute approximate surface area is 193 Å². The molecule has 3 nitrogen and oxygen atoms in total. The Hall–Kier alpha value is -4.11. The lowest BCUT2D eigenvalue weighted by Crippen LogP contribution is -2.39. The first kappa shape index (κ1) is 18.5. The molecule has 1 N–H and O–H groups in total. The highest BCUT2D eigenvalue weighted by molar-refractivity contribution is 5.82. The second-order valence-electron chi connectivity index (χ2n) is 8.92. The van der Waals surface area contributed by atoms with Gasteiger partial charge in [0.1, 0.15) is 11.6 Å². The molecule has 0 aliphatic carbocycles. The maximum Gasteiger partial charge on any atom is 0.142 e. The fraction of sp³-hybridized carbons (Fsp3) is 0.100. The highest BCUT2D eigenvalue weighted by atomic mass is 15.3. The summed E-state index contributed by atoms with van der Waals surface area (Å²) >= 11 is 0. The minimum absolute atomic E-state index is 0.140. The van der Waals surface area contributed by atoms with Gasteiger partial charge in [0.25, 0.3) is 0 Å². The van der Waals surface area contributed by atoms with Crippen LogP contribution >= 0.6 is 0 Å². The zero-order chi connectivity index (χ0) is 21.8. The van der Waals surface area contributed by atoms with Crippen molar-refractivity contribution in [3.8, 4) is 11.3 Å². The number of dihydropyridines is 1. The van der Waals surface area contributed by atoms with Crippen molar-refractivity contribution < 1.29 is 0 Å². The fourth-order valence-electron chi connectivity index (χ4n) is 5.31. The molecule has 0 saturated heterocycles. The molecule has 0 fully saturated rings. The Kier molecular flexibility index (Phi) is 4.03. The number of hydrogen-bond donors (Lipinski definition) is 1. The first-order valence-electron chi connectivity index (χ1n) is 11.5. The molecule has 0 saturated carbocycles. The Morgan fingerprint density at radius 3 is 2.30 bits per heavy atom. The molecule has 1 aromatic heterocycles. The predicted molar refractivity (Wildman–Crippen MR) is 133 cm³/mol. The van der Waals surface area contributed by atoms with Gasteiger partial charge in [0.15, 0.2) is 0 Å². The molecule has 1 atom stereocenters. The minimum atomic E-state index is 0.140. The summed E-state index contributed by atoms with van der Waals surface area (Å²) in [7, 11) is 0. The van der Waals surface area contributed by atoms with Crippen molar-refractivity contribution in [3.05, 3.63) is 137 Å². The van der Waals surface area contributed by atoms with Crippen LogP contribution in [0.2, 0.25) is 0 Å². The van der Waals surface area contributed by atoms with E-state index in [1.165, 1.54) is 33.5 Å². The maximum absolute atomic E-state index is 5.23. The summed E-state index contributed by atoms with van der Waals surface area (Å²) in [5.74, 6) is 2.20. The second-order valence-corrected chi connectivity index (χ2v) is 8.92. The zero-order valence-electron chi connectivity index (χ0n) is 18.2. The summed E-state index contributed by atoms with van der Waals surface area (Å²) in [6.45, 7) is 0. The molecule has 33 heavy (non-hydrogen) atoms. The molecule has 3 aliphatic rings. The van der Waals surface area contributed by atoms with E-state index in [4.69, 9.17) is 4.98 Å². The number of hydrogen-bond acceptors (Lipinski definition) is 3. The number of para-hydroxylation sites is 1. The molecule has 0 radical (unpaired) electrons. The first-order chi connectivity index (χ1) is 16.3. The van der Waals surface area contributed by atoms with E-state index in [-0.39, 0.29) is 6.04 Å². The third-order valence-corrected chi connectivity index (χ3v) is 6.89. The SMILES string of the molecule is C1=CC(c2ccccc2)NC2=C1Cc1cccc3c1N2c1nc(-c2ccccc2)ccc1C3.